The third kappa shape index (κ3) is 3.00. The molecule has 4 heteroatoms. The number of ether oxygens (including phenoxy) is 2. The van der Waals surface area contributed by atoms with Crippen molar-refractivity contribution in [3.05, 3.63) is 36.4 Å². The van der Waals surface area contributed by atoms with Gasteiger partial charge in [-0.1, -0.05) is 18.2 Å². The van der Waals surface area contributed by atoms with Crippen LogP contribution in [0.25, 0.3) is 0 Å². The average Bonchev–Trinajstić information content (AvgIpc) is 2.36. The molecule has 1 amide bonds. The zero-order valence-corrected chi connectivity index (χ0v) is 9.68. The summed E-state index contributed by atoms with van der Waals surface area (Å²) in [5.74, 6) is 1.36. The lowest BCUT2D eigenvalue weighted by Gasteiger charge is -2.26. The van der Waals surface area contributed by atoms with Crippen LogP contribution in [0.1, 0.15) is 6.92 Å². The maximum Gasteiger partial charge on any atom is 0.243 e. The Kier molecular flexibility index (Phi) is 3.65. The Labute approximate surface area is 100 Å². The Morgan fingerprint density at radius 1 is 1.47 bits per heavy atom. The molecule has 1 N–H and O–H groups in total. The van der Waals surface area contributed by atoms with Crippen LogP contribution in [-0.2, 0) is 4.79 Å². The number of carbonyl (C=O) groups excluding carboxylic acids is 1. The van der Waals surface area contributed by atoms with Crippen LogP contribution in [0.3, 0.4) is 0 Å². The molecule has 1 atom stereocenters. The maximum absolute atomic E-state index is 11.2. The number of hydrogen-bond acceptors (Lipinski definition) is 3. The summed E-state index contributed by atoms with van der Waals surface area (Å²) in [6.07, 6.45) is 3.04. The van der Waals surface area contributed by atoms with Gasteiger partial charge in [-0.05, 0) is 25.1 Å². The molecule has 1 aliphatic heterocycles. The summed E-state index contributed by atoms with van der Waals surface area (Å²) in [6, 6.07) is 7.51. The van der Waals surface area contributed by atoms with Crippen LogP contribution >= 0.6 is 0 Å². The van der Waals surface area contributed by atoms with Gasteiger partial charge in [0.1, 0.15) is 12.7 Å². The van der Waals surface area contributed by atoms with E-state index in [4.69, 9.17) is 9.47 Å². The number of hydrogen-bond donors (Lipinski definition) is 1. The van der Waals surface area contributed by atoms with Crippen molar-refractivity contribution < 1.29 is 14.3 Å². The Morgan fingerprint density at radius 2 is 2.24 bits per heavy atom. The van der Waals surface area contributed by atoms with E-state index in [0.717, 1.165) is 11.5 Å². The normalized spacial score (nSPS) is 18.1. The summed E-state index contributed by atoms with van der Waals surface area (Å²) in [7, 11) is 0. The van der Waals surface area contributed by atoms with Gasteiger partial charge >= 0.3 is 0 Å². The van der Waals surface area contributed by atoms with Gasteiger partial charge in [0, 0.05) is 0 Å². The van der Waals surface area contributed by atoms with Crippen molar-refractivity contribution in [2.45, 2.75) is 13.0 Å². The van der Waals surface area contributed by atoms with Crippen molar-refractivity contribution in [2.75, 3.05) is 13.2 Å². The van der Waals surface area contributed by atoms with Gasteiger partial charge in [0.05, 0.1) is 6.54 Å². The fraction of sp³-hybridized carbons (Fsp3) is 0.308. The van der Waals surface area contributed by atoms with E-state index in [2.05, 4.69) is 5.32 Å². The lowest BCUT2D eigenvalue weighted by molar-refractivity contribution is -0.117. The van der Waals surface area contributed by atoms with Crippen LogP contribution < -0.4 is 14.8 Å². The molecule has 1 aromatic rings. The van der Waals surface area contributed by atoms with Gasteiger partial charge in [-0.25, -0.2) is 0 Å². The number of nitrogens with one attached hydrogen (secondary N) is 1. The minimum Gasteiger partial charge on any atom is -0.486 e. The van der Waals surface area contributed by atoms with E-state index >= 15 is 0 Å². The molecular weight excluding hydrogens is 218 g/mol. The minimum atomic E-state index is -0.140. The van der Waals surface area contributed by atoms with Crippen molar-refractivity contribution in [1.29, 1.82) is 0 Å². The number of benzene rings is 1. The molecule has 1 aromatic carbocycles. The highest BCUT2D eigenvalue weighted by molar-refractivity contribution is 5.87. The molecule has 90 valence electrons. The van der Waals surface area contributed by atoms with Crippen molar-refractivity contribution in [3.8, 4) is 11.5 Å². The second kappa shape index (κ2) is 5.39. The summed E-state index contributed by atoms with van der Waals surface area (Å²) < 4.78 is 11.2. The second-order valence-corrected chi connectivity index (χ2v) is 3.74. The standard InChI is InChI=1S/C13H15NO3/c1-2-5-13(15)14-8-10-9-16-11-6-3-4-7-12(11)17-10/h2-7,10H,8-9H2,1H3,(H,14,15)/b5-2+/t10-/m1/s1. The monoisotopic (exact) mass is 233 g/mol. The molecule has 0 spiro atoms. The Bertz CT molecular complexity index is 428. The highest BCUT2D eigenvalue weighted by Gasteiger charge is 2.20. The van der Waals surface area contributed by atoms with Crippen LogP contribution in [0.15, 0.2) is 36.4 Å². The van der Waals surface area contributed by atoms with Gasteiger partial charge in [0.2, 0.25) is 5.91 Å². The second-order valence-electron chi connectivity index (χ2n) is 3.74. The van der Waals surface area contributed by atoms with Crippen LogP contribution in [0.4, 0.5) is 0 Å². The Morgan fingerprint density at radius 3 is 3.00 bits per heavy atom. The van der Waals surface area contributed by atoms with Gasteiger partial charge in [-0.15, -0.1) is 0 Å². The first kappa shape index (κ1) is 11.5. The zero-order valence-electron chi connectivity index (χ0n) is 9.68. The van der Waals surface area contributed by atoms with E-state index in [0.29, 0.717) is 13.2 Å². The van der Waals surface area contributed by atoms with Crippen LogP contribution in [0.2, 0.25) is 0 Å². The van der Waals surface area contributed by atoms with Crippen molar-refractivity contribution in [1.82, 2.24) is 5.32 Å². The highest BCUT2D eigenvalue weighted by Crippen LogP contribution is 2.30. The molecular formula is C13H15NO3. The predicted molar refractivity (Wildman–Crippen MR) is 64.2 cm³/mol. The third-order valence-electron chi connectivity index (χ3n) is 2.39. The summed E-state index contributed by atoms with van der Waals surface area (Å²) in [5.41, 5.74) is 0. The first-order valence-electron chi connectivity index (χ1n) is 5.58. The molecule has 1 aliphatic rings. The quantitative estimate of drug-likeness (QED) is 0.805. The fourth-order valence-electron chi connectivity index (χ4n) is 1.59. The highest BCUT2D eigenvalue weighted by atomic mass is 16.6. The summed E-state index contributed by atoms with van der Waals surface area (Å²) in [6.45, 7) is 2.70. The number of amides is 1. The molecule has 0 aliphatic carbocycles. The number of allylic oxidation sites excluding steroid dienone is 1. The smallest absolute Gasteiger partial charge is 0.243 e. The Balaban J connectivity index is 1.88. The molecule has 1 heterocycles. The SMILES string of the molecule is C/C=C/C(=O)NC[C@@H]1COc2ccccc2O1. The van der Waals surface area contributed by atoms with E-state index < -0.39 is 0 Å². The first-order chi connectivity index (χ1) is 8.29. The van der Waals surface area contributed by atoms with E-state index in [1.807, 2.05) is 24.3 Å². The topological polar surface area (TPSA) is 47.6 Å². The molecule has 0 saturated carbocycles. The van der Waals surface area contributed by atoms with Gasteiger partial charge < -0.3 is 14.8 Å². The maximum atomic E-state index is 11.2. The molecule has 0 radical (unpaired) electrons. The molecule has 0 fully saturated rings. The van der Waals surface area contributed by atoms with E-state index in [9.17, 15) is 4.79 Å². The van der Waals surface area contributed by atoms with Crippen LogP contribution in [-0.4, -0.2) is 25.2 Å². The summed E-state index contributed by atoms with van der Waals surface area (Å²) >= 11 is 0. The number of para-hydroxylation sites is 2. The van der Waals surface area contributed by atoms with Crippen molar-refractivity contribution >= 4 is 5.91 Å². The summed E-state index contributed by atoms with van der Waals surface area (Å²) in [4.78, 5) is 11.2. The molecule has 0 aromatic heterocycles. The Hall–Kier alpha value is -1.97. The third-order valence-corrected chi connectivity index (χ3v) is 2.39. The van der Waals surface area contributed by atoms with E-state index in [1.54, 1.807) is 13.0 Å². The van der Waals surface area contributed by atoms with Crippen molar-refractivity contribution in [2.24, 2.45) is 0 Å². The fourth-order valence-corrected chi connectivity index (χ4v) is 1.59. The lowest BCUT2D eigenvalue weighted by atomic mass is 10.2. The van der Waals surface area contributed by atoms with Crippen LogP contribution in [0.5, 0.6) is 11.5 Å². The van der Waals surface area contributed by atoms with Crippen LogP contribution in [0, 0.1) is 0 Å². The first-order valence-corrected chi connectivity index (χ1v) is 5.58. The zero-order chi connectivity index (χ0) is 12.1. The van der Waals surface area contributed by atoms with Gasteiger partial charge in [0.15, 0.2) is 11.5 Å². The lowest BCUT2D eigenvalue weighted by Crippen LogP contribution is -2.40. The van der Waals surface area contributed by atoms with Gasteiger partial charge in [-0.2, -0.15) is 0 Å². The van der Waals surface area contributed by atoms with E-state index in [1.165, 1.54) is 6.08 Å². The predicted octanol–water partition coefficient (Wildman–Crippen LogP) is 1.52. The van der Waals surface area contributed by atoms with Crippen molar-refractivity contribution in [3.63, 3.8) is 0 Å². The minimum absolute atomic E-state index is 0.116. The average molecular weight is 233 g/mol. The molecule has 0 saturated heterocycles. The molecule has 0 unspecified atom stereocenters. The van der Waals surface area contributed by atoms with Gasteiger partial charge in [0.25, 0.3) is 0 Å². The summed E-state index contributed by atoms with van der Waals surface area (Å²) in [5, 5.41) is 2.75. The molecule has 0 bridgehead atoms. The largest absolute Gasteiger partial charge is 0.486 e. The molecule has 17 heavy (non-hydrogen) atoms. The number of carbonyl (C=O) groups is 1. The molecule has 2 rings (SSSR count). The molecule has 4 nitrogen and oxygen atoms in total. The van der Waals surface area contributed by atoms with E-state index in [-0.39, 0.29) is 12.0 Å². The van der Waals surface area contributed by atoms with Gasteiger partial charge in [-0.3, -0.25) is 4.79 Å². The number of rotatable bonds is 3. The number of fused-ring (bicyclic) bond motifs is 1.